The van der Waals surface area contributed by atoms with Gasteiger partial charge in [0, 0.05) is 43.7 Å². The summed E-state index contributed by atoms with van der Waals surface area (Å²) in [6, 6.07) is 21.9. The Hall–Kier alpha value is -4.97. The molecule has 3 aromatic rings. The Morgan fingerprint density at radius 1 is 1.00 bits per heavy atom. The first-order chi connectivity index (χ1) is 27.4. The van der Waals surface area contributed by atoms with Crippen molar-refractivity contribution in [2.24, 2.45) is 22.9 Å². The second kappa shape index (κ2) is 19.3. The molecule has 56 heavy (non-hydrogen) atoms. The molecular formula is C45H54N2O9. The predicted molar refractivity (Wildman–Crippen MR) is 213 cm³/mol. The van der Waals surface area contributed by atoms with Crippen molar-refractivity contribution < 1.29 is 43.6 Å². The second-order valence-corrected chi connectivity index (χ2v) is 14.6. The van der Waals surface area contributed by atoms with Crippen LogP contribution >= 0.6 is 0 Å². The molecule has 2 aliphatic carbocycles. The van der Waals surface area contributed by atoms with Crippen molar-refractivity contribution in [1.29, 1.82) is 0 Å². The Morgan fingerprint density at radius 2 is 1.77 bits per heavy atom. The van der Waals surface area contributed by atoms with Gasteiger partial charge in [-0.1, -0.05) is 72.6 Å². The smallest absolute Gasteiger partial charge is 0.409 e. The highest BCUT2D eigenvalue weighted by atomic mass is 16.7. The first kappa shape index (κ1) is 40.7. The molecule has 1 heterocycles. The van der Waals surface area contributed by atoms with Crippen LogP contribution < -0.4 is 9.47 Å². The van der Waals surface area contributed by atoms with Crippen LogP contribution in [0.4, 0.5) is 4.79 Å². The van der Waals surface area contributed by atoms with Crippen LogP contribution in [0.3, 0.4) is 0 Å². The molecular weight excluding hydrogens is 712 g/mol. The summed E-state index contributed by atoms with van der Waals surface area (Å²) in [7, 11) is 1.70. The number of aliphatic hydroxyl groups is 2. The summed E-state index contributed by atoms with van der Waals surface area (Å²) in [4.78, 5) is 32.9. The van der Waals surface area contributed by atoms with Crippen LogP contribution in [0.1, 0.15) is 79.3 Å². The van der Waals surface area contributed by atoms with Gasteiger partial charge in [-0.2, -0.15) is 0 Å². The first-order valence-electron chi connectivity index (χ1n) is 19.7. The van der Waals surface area contributed by atoms with Gasteiger partial charge in [0.2, 0.25) is 5.79 Å². The molecule has 6 atom stereocenters. The average molecular weight is 767 g/mol. The number of carbonyl (C=O) groups excluding carboxylic acids is 2. The van der Waals surface area contributed by atoms with Crippen molar-refractivity contribution in [3.05, 3.63) is 114 Å². The van der Waals surface area contributed by atoms with E-state index < -0.39 is 23.8 Å². The highest BCUT2D eigenvalue weighted by Crippen LogP contribution is 2.62. The van der Waals surface area contributed by atoms with Gasteiger partial charge < -0.3 is 38.9 Å². The maximum Gasteiger partial charge on any atom is 0.409 e. The lowest BCUT2D eigenvalue weighted by atomic mass is 9.55. The third-order valence-corrected chi connectivity index (χ3v) is 11.1. The standard InChI is InChI=1S/C45H54N2O9/c1-4-24-53-45-41(47(3)44(51)52-5-2)28-39(46-54-30-31-14-7-6-8-15-31)37-26-33(17-9-11-22-48)36(19-10-12-23-49)42(43(37)45)38-27-35(20-21-40(38)56-45)55-34-18-13-16-32(25-34)29-50/h4,6-8,13-16,18,20-21,25-27,29,33,36,41-43,48-49H,1,5,9-12,17,19,22-24,28,30H2,2-3H3. The van der Waals surface area contributed by atoms with E-state index in [1.807, 2.05) is 54.6 Å². The van der Waals surface area contributed by atoms with E-state index in [4.69, 9.17) is 28.9 Å². The normalized spacial score (nSPS) is 24.2. The molecule has 0 spiro atoms. The van der Waals surface area contributed by atoms with Crippen molar-refractivity contribution in [1.82, 2.24) is 4.90 Å². The lowest BCUT2D eigenvalue weighted by Gasteiger charge is -2.59. The number of unbranched alkanes of at least 4 members (excludes halogenated alkanes) is 2. The number of nitrogens with zero attached hydrogens (tertiary/aromatic N) is 2. The number of oxime groups is 1. The van der Waals surface area contributed by atoms with Crippen LogP contribution in [-0.2, 0) is 20.9 Å². The number of carbonyl (C=O) groups is 2. The highest BCUT2D eigenvalue weighted by molar-refractivity contribution is 6.03. The van der Waals surface area contributed by atoms with Gasteiger partial charge in [-0.15, -0.1) is 6.58 Å². The minimum absolute atomic E-state index is 0.0510. The Labute approximate surface area is 329 Å². The lowest BCUT2D eigenvalue weighted by Crippen LogP contribution is -2.69. The van der Waals surface area contributed by atoms with Crippen LogP contribution in [-0.4, -0.2) is 78.5 Å². The van der Waals surface area contributed by atoms with Crippen LogP contribution in [0.2, 0.25) is 0 Å². The first-order valence-corrected chi connectivity index (χ1v) is 19.7. The van der Waals surface area contributed by atoms with Gasteiger partial charge in [-0.3, -0.25) is 4.79 Å². The SMILES string of the molecule is C=CCOC12Oc3ccc(Oc4cccc(C=O)c4)cc3C3C(CCCCO)C(CCCCO)C=C(C(=NOCc4ccccc4)CC1N(C)C(=O)OCC)C32. The van der Waals surface area contributed by atoms with Gasteiger partial charge in [-0.05, 0) is 85.9 Å². The molecule has 1 saturated carbocycles. The number of rotatable bonds is 19. The number of hydrogen-bond donors (Lipinski definition) is 2. The summed E-state index contributed by atoms with van der Waals surface area (Å²) in [5.74, 6) is -0.233. The number of likely N-dealkylation sites (N-methyl/N-ethyl adjacent to an activating group) is 1. The van der Waals surface area contributed by atoms with E-state index in [0.29, 0.717) is 41.4 Å². The van der Waals surface area contributed by atoms with E-state index in [2.05, 4.69) is 12.7 Å². The lowest BCUT2D eigenvalue weighted by molar-refractivity contribution is -0.253. The van der Waals surface area contributed by atoms with E-state index in [1.54, 1.807) is 43.1 Å². The zero-order valence-corrected chi connectivity index (χ0v) is 32.4. The fourth-order valence-electron chi connectivity index (χ4n) is 8.69. The number of amides is 1. The summed E-state index contributed by atoms with van der Waals surface area (Å²) < 4.78 is 26.0. The quantitative estimate of drug-likeness (QED) is 0.0536. The zero-order valence-electron chi connectivity index (χ0n) is 32.4. The minimum Gasteiger partial charge on any atom is -0.459 e. The van der Waals surface area contributed by atoms with Crippen LogP contribution in [0.25, 0.3) is 0 Å². The van der Waals surface area contributed by atoms with Crippen molar-refractivity contribution in [3.8, 4) is 17.2 Å². The molecule has 6 unspecified atom stereocenters. The van der Waals surface area contributed by atoms with Crippen molar-refractivity contribution in [3.63, 3.8) is 0 Å². The van der Waals surface area contributed by atoms with Gasteiger partial charge in [-0.25, -0.2) is 4.79 Å². The number of aliphatic hydroxyl groups excluding tert-OH is 2. The molecule has 3 aromatic carbocycles. The molecule has 1 aliphatic heterocycles. The molecule has 11 heteroatoms. The number of benzene rings is 3. The fraction of sp³-hybridized carbons (Fsp3) is 0.444. The van der Waals surface area contributed by atoms with Gasteiger partial charge in [0.25, 0.3) is 0 Å². The maximum atomic E-state index is 13.6. The molecule has 3 aliphatic rings. The minimum atomic E-state index is -1.39. The summed E-state index contributed by atoms with van der Waals surface area (Å²) in [6.45, 7) is 6.54. The number of allylic oxidation sites excluding steroid dienone is 1. The molecule has 1 amide bonds. The van der Waals surface area contributed by atoms with E-state index in [-0.39, 0.29) is 57.2 Å². The molecule has 1 fully saturated rings. The molecule has 0 bridgehead atoms. The van der Waals surface area contributed by atoms with Crippen molar-refractivity contribution in [2.75, 3.05) is 33.5 Å². The zero-order chi connectivity index (χ0) is 39.5. The Bertz CT molecular complexity index is 1860. The highest BCUT2D eigenvalue weighted by Gasteiger charge is 2.65. The number of fused-ring (bicyclic) bond motifs is 2. The van der Waals surface area contributed by atoms with Crippen molar-refractivity contribution >= 4 is 18.1 Å². The largest absolute Gasteiger partial charge is 0.459 e. The number of hydrogen-bond acceptors (Lipinski definition) is 10. The molecule has 11 nitrogen and oxygen atoms in total. The number of ether oxygens (including phenoxy) is 4. The van der Waals surface area contributed by atoms with Crippen LogP contribution in [0, 0.1) is 17.8 Å². The van der Waals surface area contributed by atoms with Gasteiger partial charge in [0.15, 0.2) is 0 Å². The fourth-order valence-corrected chi connectivity index (χ4v) is 8.69. The van der Waals surface area contributed by atoms with Crippen LogP contribution in [0.15, 0.2) is 102 Å². The van der Waals surface area contributed by atoms with E-state index in [9.17, 15) is 19.8 Å². The topological polar surface area (TPSA) is 136 Å². The number of aldehydes is 1. The molecule has 2 N–H and O–H groups in total. The Morgan fingerprint density at radius 3 is 2.50 bits per heavy atom. The maximum absolute atomic E-state index is 13.6. The van der Waals surface area contributed by atoms with E-state index in [1.165, 1.54) is 0 Å². The predicted octanol–water partition coefficient (Wildman–Crippen LogP) is 8.21. The third-order valence-electron chi connectivity index (χ3n) is 11.1. The third kappa shape index (κ3) is 8.85. The second-order valence-electron chi connectivity index (χ2n) is 14.6. The van der Waals surface area contributed by atoms with Crippen LogP contribution in [0.5, 0.6) is 17.2 Å². The van der Waals surface area contributed by atoms with Crippen molar-refractivity contribution in [2.45, 2.75) is 76.2 Å². The Balaban J connectivity index is 1.55. The molecule has 298 valence electrons. The summed E-state index contributed by atoms with van der Waals surface area (Å²) in [5.41, 5.74) is 4.03. The van der Waals surface area contributed by atoms with Gasteiger partial charge in [0.1, 0.15) is 36.2 Å². The molecule has 0 radical (unpaired) electrons. The monoisotopic (exact) mass is 766 g/mol. The average Bonchev–Trinajstić information content (AvgIpc) is 3.22. The summed E-state index contributed by atoms with van der Waals surface area (Å²) in [6.07, 6.45) is 9.09. The van der Waals surface area contributed by atoms with Gasteiger partial charge in [0.05, 0.1) is 24.8 Å². The Kier molecular flexibility index (Phi) is 14.0. The van der Waals surface area contributed by atoms with E-state index >= 15 is 0 Å². The van der Waals surface area contributed by atoms with E-state index in [0.717, 1.165) is 48.7 Å². The van der Waals surface area contributed by atoms with Gasteiger partial charge >= 0.3 is 6.09 Å². The summed E-state index contributed by atoms with van der Waals surface area (Å²) >= 11 is 0. The molecule has 0 saturated heterocycles. The molecule has 6 rings (SSSR count). The summed E-state index contributed by atoms with van der Waals surface area (Å²) in [5, 5.41) is 24.5. The molecule has 0 aromatic heterocycles.